The Morgan fingerprint density at radius 3 is 2.58 bits per heavy atom. The quantitative estimate of drug-likeness (QED) is 0.797. The number of aliphatic carboxylic acids is 1. The molecule has 0 atom stereocenters. The van der Waals surface area contributed by atoms with Crippen LogP contribution in [0.1, 0.15) is 43.1 Å². The van der Waals surface area contributed by atoms with Gasteiger partial charge in [-0.25, -0.2) is 4.79 Å². The Bertz CT molecular complexity index is 490. The van der Waals surface area contributed by atoms with Gasteiger partial charge in [0.1, 0.15) is 11.2 Å². The molecule has 3 N–H and O–H groups in total. The van der Waals surface area contributed by atoms with E-state index in [1.807, 2.05) is 0 Å². The van der Waals surface area contributed by atoms with Gasteiger partial charge in [0, 0.05) is 10.7 Å². The summed E-state index contributed by atoms with van der Waals surface area (Å²) >= 11 is 3.25. The largest absolute Gasteiger partial charge is 0.480 e. The number of carbonyl (C=O) groups excluding carboxylic acids is 1. The van der Waals surface area contributed by atoms with Crippen molar-refractivity contribution >= 4 is 27.8 Å². The molecule has 0 aromatic carbocycles. The third kappa shape index (κ3) is 3.00. The van der Waals surface area contributed by atoms with Crippen LogP contribution in [0.15, 0.2) is 16.7 Å². The fraction of sp³-hybridized carbons (Fsp3) is 0.538. The van der Waals surface area contributed by atoms with Gasteiger partial charge in [0.25, 0.3) is 5.91 Å². The summed E-state index contributed by atoms with van der Waals surface area (Å²) in [7, 11) is 0. The van der Waals surface area contributed by atoms with Gasteiger partial charge in [0.05, 0.1) is 0 Å². The van der Waals surface area contributed by atoms with E-state index < -0.39 is 11.5 Å². The van der Waals surface area contributed by atoms with E-state index >= 15 is 0 Å². The molecule has 5 nitrogen and oxygen atoms in total. The van der Waals surface area contributed by atoms with Crippen molar-refractivity contribution in [1.82, 2.24) is 10.3 Å². The third-order valence-corrected chi connectivity index (χ3v) is 4.24. The smallest absolute Gasteiger partial charge is 0.329 e. The molecule has 6 heteroatoms. The molecule has 2 rings (SSSR count). The van der Waals surface area contributed by atoms with Crippen LogP contribution < -0.4 is 5.32 Å². The minimum absolute atomic E-state index is 0.367. The van der Waals surface area contributed by atoms with Gasteiger partial charge in [0.15, 0.2) is 0 Å². The van der Waals surface area contributed by atoms with Gasteiger partial charge in [-0.05, 0) is 53.6 Å². The molecule has 1 aliphatic rings. The van der Waals surface area contributed by atoms with Crippen molar-refractivity contribution in [3.8, 4) is 0 Å². The van der Waals surface area contributed by atoms with Gasteiger partial charge in [0.2, 0.25) is 0 Å². The molecule has 0 unspecified atom stereocenters. The van der Waals surface area contributed by atoms with Crippen molar-refractivity contribution in [2.75, 3.05) is 0 Å². The van der Waals surface area contributed by atoms with Gasteiger partial charge in [-0.1, -0.05) is 6.92 Å². The average molecular weight is 329 g/mol. The maximum absolute atomic E-state index is 12.1. The molecule has 1 aromatic heterocycles. The highest BCUT2D eigenvalue weighted by molar-refractivity contribution is 9.10. The molecule has 104 valence electrons. The van der Waals surface area contributed by atoms with Crippen molar-refractivity contribution in [2.24, 2.45) is 5.92 Å². The van der Waals surface area contributed by atoms with Crippen LogP contribution in [-0.4, -0.2) is 27.5 Å². The Balaban J connectivity index is 2.13. The first kappa shape index (κ1) is 14.1. The molecule has 0 saturated heterocycles. The normalized spacial score (nSPS) is 26.9. The highest BCUT2D eigenvalue weighted by Gasteiger charge is 2.42. The first-order chi connectivity index (χ1) is 8.93. The van der Waals surface area contributed by atoms with Crippen LogP contribution in [0.2, 0.25) is 0 Å². The Morgan fingerprint density at radius 2 is 2.11 bits per heavy atom. The highest BCUT2D eigenvalue weighted by Crippen LogP contribution is 2.32. The zero-order valence-corrected chi connectivity index (χ0v) is 12.3. The topological polar surface area (TPSA) is 82.2 Å². The lowest BCUT2D eigenvalue weighted by atomic mass is 9.77. The SMILES string of the molecule is CC1CCC(NC(=O)c2cc(Br)c[nH]2)(C(=O)O)CC1. The molecule has 0 spiro atoms. The van der Waals surface area contributed by atoms with Crippen LogP contribution in [0.3, 0.4) is 0 Å². The number of aromatic nitrogens is 1. The summed E-state index contributed by atoms with van der Waals surface area (Å²) in [5.74, 6) is -0.801. The second-order valence-electron chi connectivity index (χ2n) is 5.26. The molecule has 1 fully saturated rings. The van der Waals surface area contributed by atoms with Crippen molar-refractivity contribution in [3.05, 3.63) is 22.4 Å². The number of carboxylic acids is 1. The summed E-state index contributed by atoms with van der Waals surface area (Å²) in [5, 5.41) is 12.1. The molecule has 1 amide bonds. The maximum Gasteiger partial charge on any atom is 0.329 e. The molecule has 1 saturated carbocycles. The second-order valence-corrected chi connectivity index (χ2v) is 6.17. The Morgan fingerprint density at radius 1 is 1.47 bits per heavy atom. The predicted octanol–water partition coefficient (Wildman–Crippen LogP) is 2.54. The zero-order valence-electron chi connectivity index (χ0n) is 10.7. The number of H-pyrrole nitrogens is 1. The molecule has 1 aliphatic carbocycles. The summed E-state index contributed by atoms with van der Waals surface area (Å²) < 4.78 is 0.763. The van der Waals surface area contributed by atoms with Gasteiger partial charge in [-0.3, -0.25) is 4.79 Å². The molecule has 0 radical (unpaired) electrons. The summed E-state index contributed by atoms with van der Waals surface area (Å²) in [6.07, 6.45) is 4.25. The van der Waals surface area contributed by atoms with Crippen LogP contribution in [0.25, 0.3) is 0 Å². The number of nitrogens with one attached hydrogen (secondary N) is 2. The van der Waals surface area contributed by atoms with Gasteiger partial charge in [-0.2, -0.15) is 0 Å². The fourth-order valence-electron chi connectivity index (χ4n) is 2.43. The number of carboxylic acid groups (broad SMARTS) is 1. The number of carbonyl (C=O) groups is 2. The van der Waals surface area contributed by atoms with Crippen LogP contribution in [-0.2, 0) is 4.79 Å². The van der Waals surface area contributed by atoms with Crippen LogP contribution >= 0.6 is 15.9 Å². The van der Waals surface area contributed by atoms with E-state index in [4.69, 9.17) is 0 Å². The summed E-state index contributed by atoms with van der Waals surface area (Å²) in [4.78, 5) is 26.4. The average Bonchev–Trinajstić information content (AvgIpc) is 2.79. The minimum atomic E-state index is -1.12. The van der Waals surface area contributed by atoms with E-state index in [2.05, 4.69) is 33.2 Å². The molecular weight excluding hydrogens is 312 g/mol. The predicted molar refractivity (Wildman–Crippen MR) is 74.0 cm³/mol. The van der Waals surface area contributed by atoms with E-state index in [1.54, 1.807) is 12.3 Å². The molecule has 0 bridgehead atoms. The molecule has 0 aliphatic heterocycles. The lowest BCUT2D eigenvalue weighted by Crippen LogP contribution is -2.56. The lowest BCUT2D eigenvalue weighted by molar-refractivity contribution is -0.146. The molecule has 1 heterocycles. The van der Waals surface area contributed by atoms with Crippen LogP contribution in [0.4, 0.5) is 0 Å². The first-order valence-corrected chi connectivity index (χ1v) is 7.12. The number of hydrogen-bond acceptors (Lipinski definition) is 2. The van der Waals surface area contributed by atoms with E-state index in [-0.39, 0.29) is 5.91 Å². The second kappa shape index (κ2) is 5.36. The monoisotopic (exact) mass is 328 g/mol. The molecule has 1 aromatic rings. The summed E-state index contributed by atoms with van der Waals surface area (Å²) in [6.45, 7) is 2.11. The first-order valence-electron chi connectivity index (χ1n) is 6.33. The highest BCUT2D eigenvalue weighted by atomic mass is 79.9. The number of aromatic amines is 1. The van der Waals surface area contributed by atoms with Crippen molar-refractivity contribution in [3.63, 3.8) is 0 Å². The summed E-state index contributed by atoms with van der Waals surface area (Å²) in [5.41, 5.74) is -0.757. The Kier molecular flexibility index (Phi) is 3.99. The number of rotatable bonds is 3. The van der Waals surface area contributed by atoms with Crippen molar-refractivity contribution < 1.29 is 14.7 Å². The molecular formula is C13H17BrN2O3. The molecule has 19 heavy (non-hydrogen) atoms. The fourth-order valence-corrected chi connectivity index (χ4v) is 2.77. The van der Waals surface area contributed by atoms with E-state index in [9.17, 15) is 14.7 Å². The van der Waals surface area contributed by atoms with Crippen LogP contribution in [0, 0.1) is 5.92 Å². The zero-order chi connectivity index (χ0) is 14.0. The number of hydrogen-bond donors (Lipinski definition) is 3. The van der Waals surface area contributed by atoms with Gasteiger partial charge >= 0.3 is 5.97 Å². The van der Waals surface area contributed by atoms with E-state index in [0.29, 0.717) is 24.5 Å². The van der Waals surface area contributed by atoms with E-state index in [1.165, 1.54) is 0 Å². The third-order valence-electron chi connectivity index (χ3n) is 3.78. The number of amides is 1. The minimum Gasteiger partial charge on any atom is -0.480 e. The lowest BCUT2D eigenvalue weighted by Gasteiger charge is -2.36. The maximum atomic E-state index is 12.1. The van der Waals surface area contributed by atoms with E-state index in [0.717, 1.165) is 17.3 Å². The van der Waals surface area contributed by atoms with Gasteiger partial charge < -0.3 is 15.4 Å². The van der Waals surface area contributed by atoms with Crippen LogP contribution in [0.5, 0.6) is 0 Å². The Hall–Kier alpha value is -1.30. The standard InChI is InChI=1S/C13H17BrN2O3/c1-8-2-4-13(5-3-8,12(18)19)16-11(17)10-6-9(14)7-15-10/h6-8,15H,2-5H2,1H3,(H,16,17)(H,18,19). The van der Waals surface area contributed by atoms with Crippen molar-refractivity contribution in [1.29, 1.82) is 0 Å². The van der Waals surface area contributed by atoms with Gasteiger partial charge in [-0.15, -0.1) is 0 Å². The number of halogens is 1. The summed E-state index contributed by atoms with van der Waals surface area (Å²) in [6, 6.07) is 1.64. The Labute approximate surface area is 119 Å². The van der Waals surface area contributed by atoms with Crippen molar-refractivity contribution in [2.45, 2.75) is 38.1 Å².